The number of hydrogen-bond donors (Lipinski definition) is 1. The maximum absolute atomic E-state index is 5.45. The first-order valence-corrected chi connectivity index (χ1v) is 9.72. The number of hydrogen-bond acceptors (Lipinski definition) is 2. The van der Waals surface area contributed by atoms with Crippen molar-refractivity contribution in [2.45, 2.75) is 58.3 Å². The fourth-order valence-corrected chi connectivity index (χ4v) is 3.98. The summed E-state index contributed by atoms with van der Waals surface area (Å²) < 4.78 is 5.45. The first kappa shape index (κ1) is 18.6. The SMILES string of the molecule is CCC1CCC(CNC(=NC)N(C)CCC2CCOCC2)CC1. The van der Waals surface area contributed by atoms with Gasteiger partial charge in [0.05, 0.1) is 0 Å². The lowest BCUT2D eigenvalue weighted by molar-refractivity contribution is 0.0625. The summed E-state index contributed by atoms with van der Waals surface area (Å²) in [6, 6.07) is 0. The van der Waals surface area contributed by atoms with Gasteiger partial charge in [-0.1, -0.05) is 26.2 Å². The van der Waals surface area contributed by atoms with Gasteiger partial charge in [0.2, 0.25) is 0 Å². The first-order valence-electron chi connectivity index (χ1n) is 9.72. The molecule has 4 heteroatoms. The maximum Gasteiger partial charge on any atom is 0.193 e. The first-order chi connectivity index (χ1) is 11.2. The Hall–Kier alpha value is -0.770. The molecular weight excluding hydrogens is 286 g/mol. The van der Waals surface area contributed by atoms with Gasteiger partial charge in [0.25, 0.3) is 0 Å². The van der Waals surface area contributed by atoms with Crippen LogP contribution in [0.3, 0.4) is 0 Å². The van der Waals surface area contributed by atoms with Crippen LogP contribution in [-0.2, 0) is 4.74 Å². The lowest BCUT2D eigenvalue weighted by Gasteiger charge is -2.30. The molecule has 1 heterocycles. The lowest BCUT2D eigenvalue weighted by atomic mass is 9.81. The van der Waals surface area contributed by atoms with E-state index >= 15 is 0 Å². The minimum atomic E-state index is 0.827. The molecule has 1 N–H and O–H groups in total. The van der Waals surface area contributed by atoms with Gasteiger partial charge in [-0.25, -0.2) is 0 Å². The number of aliphatic imine (C=N–C) groups is 1. The number of guanidine groups is 1. The van der Waals surface area contributed by atoms with Crippen molar-refractivity contribution in [1.82, 2.24) is 10.2 Å². The van der Waals surface area contributed by atoms with Crippen LogP contribution in [0.5, 0.6) is 0 Å². The van der Waals surface area contributed by atoms with Crippen LogP contribution < -0.4 is 5.32 Å². The highest BCUT2D eigenvalue weighted by Gasteiger charge is 2.21. The molecule has 0 bridgehead atoms. The van der Waals surface area contributed by atoms with E-state index in [2.05, 4.69) is 29.2 Å². The van der Waals surface area contributed by atoms with Gasteiger partial charge in [0, 0.05) is 40.4 Å². The maximum atomic E-state index is 5.45. The predicted octanol–water partition coefficient (Wildman–Crippen LogP) is 3.53. The Morgan fingerprint density at radius 3 is 2.30 bits per heavy atom. The summed E-state index contributed by atoms with van der Waals surface area (Å²) in [7, 11) is 4.07. The molecule has 4 nitrogen and oxygen atoms in total. The molecule has 0 aromatic carbocycles. The van der Waals surface area contributed by atoms with Crippen molar-refractivity contribution in [2.24, 2.45) is 22.7 Å². The van der Waals surface area contributed by atoms with Crippen molar-refractivity contribution in [3.8, 4) is 0 Å². The molecule has 0 spiro atoms. The third-order valence-electron chi connectivity index (χ3n) is 5.88. The van der Waals surface area contributed by atoms with Crippen LogP contribution in [0, 0.1) is 17.8 Å². The topological polar surface area (TPSA) is 36.9 Å². The molecule has 1 saturated carbocycles. The van der Waals surface area contributed by atoms with Gasteiger partial charge in [0.15, 0.2) is 5.96 Å². The van der Waals surface area contributed by atoms with Gasteiger partial charge in [-0.05, 0) is 49.9 Å². The molecule has 0 radical (unpaired) electrons. The summed E-state index contributed by atoms with van der Waals surface area (Å²) in [5.41, 5.74) is 0. The minimum Gasteiger partial charge on any atom is -0.381 e. The second-order valence-corrected chi connectivity index (χ2v) is 7.49. The Kier molecular flexibility index (Phi) is 8.21. The molecule has 2 aliphatic rings. The van der Waals surface area contributed by atoms with Crippen molar-refractivity contribution in [3.05, 3.63) is 0 Å². The van der Waals surface area contributed by atoms with E-state index in [9.17, 15) is 0 Å². The number of nitrogens with zero attached hydrogens (tertiary/aromatic N) is 2. The van der Waals surface area contributed by atoms with E-state index in [1.165, 1.54) is 51.4 Å². The Bertz CT molecular complexity index is 345. The second kappa shape index (κ2) is 10.2. The smallest absolute Gasteiger partial charge is 0.193 e. The molecule has 0 atom stereocenters. The zero-order chi connectivity index (χ0) is 16.5. The van der Waals surface area contributed by atoms with Crippen LogP contribution in [0.25, 0.3) is 0 Å². The molecule has 2 rings (SSSR count). The third kappa shape index (κ3) is 6.33. The number of nitrogens with one attached hydrogen (secondary N) is 1. The molecule has 0 unspecified atom stereocenters. The average molecular weight is 324 g/mol. The van der Waals surface area contributed by atoms with Crippen LogP contribution in [0.4, 0.5) is 0 Å². The molecule has 1 aliphatic carbocycles. The quantitative estimate of drug-likeness (QED) is 0.600. The number of ether oxygens (including phenoxy) is 1. The van der Waals surface area contributed by atoms with E-state index < -0.39 is 0 Å². The zero-order valence-corrected chi connectivity index (χ0v) is 15.5. The number of rotatable bonds is 6. The summed E-state index contributed by atoms with van der Waals surface area (Å²) >= 11 is 0. The zero-order valence-electron chi connectivity index (χ0n) is 15.5. The summed E-state index contributed by atoms with van der Waals surface area (Å²) in [5, 5.41) is 3.61. The second-order valence-electron chi connectivity index (χ2n) is 7.49. The van der Waals surface area contributed by atoms with E-state index in [1.54, 1.807) is 0 Å². The van der Waals surface area contributed by atoms with Crippen molar-refractivity contribution in [3.63, 3.8) is 0 Å². The fourth-order valence-electron chi connectivity index (χ4n) is 3.98. The van der Waals surface area contributed by atoms with Crippen LogP contribution in [-0.4, -0.2) is 51.3 Å². The lowest BCUT2D eigenvalue weighted by Crippen LogP contribution is -2.42. The third-order valence-corrected chi connectivity index (χ3v) is 5.88. The highest BCUT2D eigenvalue weighted by atomic mass is 16.5. The molecule has 0 amide bonds. The highest BCUT2D eigenvalue weighted by molar-refractivity contribution is 5.79. The van der Waals surface area contributed by atoms with Gasteiger partial charge < -0.3 is 15.0 Å². The highest BCUT2D eigenvalue weighted by Crippen LogP contribution is 2.30. The van der Waals surface area contributed by atoms with Crippen molar-refractivity contribution in [2.75, 3.05) is 40.4 Å². The van der Waals surface area contributed by atoms with Crippen molar-refractivity contribution in [1.29, 1.82) is 0 Å². The van der Waals surface area contributed by atoms with E-state index in [-0.39, 0.29) is 0 Å². The van der Waals surface area contributed by atoms with E-state index in [1.807, 2.05) is 7.05 Å². The van der Waals surface area contributed by atoms with Crippen LogP contribution in [0.15, 0.2) is 4.99 Å². The van der Waals surface area contributed by atoms with E-state index in [0.29, 0.717) is 0 Å². The Morgan fingerprint density at radius 2 is 1.70 bits per heavy atom. The van der Waals surface area contributed by atoms with Crippen molar-refractivity contribution >= 4 is 5.96 Å². The van der Waals surface area contributed by atoms with Crippen LogP contribution in [0.2, 0.25) is 0 Å². The fraction of sp³-hybridized carbons (Fsp3) is 0.947. The summed E-state index contributed by atoms with van der Waals surface area (Å²) in [6.07, 6.45) is 10.7. The summed E-state index contributed by atoms with van der Waals surface area (Å²) in [5.74, 6) is 3.70. The molecule has 1 aliphatic heterocycles. The van der Waals surface area contributed by atoms with Gasteiger partial charge >= 0.3 is 0 Å². The molecule has 0 aromatic rings. The normalized spacial score (nSPS) is 27.0. The molecular formula is C19H37N3O. The van der Waals surface area contributed by atoms with Crippen molar-refractivity contribution < 1.29 is 4.74 Å². The Balaban J connectivity index is 1.65. The van der Waals surface area contributed by atoms with Gasteiger partial charge in [-0.3, -0.25) is 4.99 Å². The van der Waals surface area contributed by atoms with E-state index in [0.717, 1.165) is 50.0 Å². The summed E-state index contributed by atoms with van der Waals surface area (Å²) in [4.78, 5) is 6.77. The average Bonchev–Trinajstić information content (AvgIpc) is 2.62. The van der Waals surface area contributed by atoms with Crippen LogP contribution in [0.1, 0.15) is 58.3 Å². The van der Waals surface area contributed by atoms with E-state index in [4.69, 9.17) is 4.74 Å². The molecule has 134 valence electrons. The minimum absolute atomic E-state index is 0.827. The predicted molar refractivity (Wildman–Crippen MR) is 97.9 cm³/mol. The van der Waals surface area contributed by atoms with Crippen LogP contribution >= 0.6 is 0 Å². The molecule has 1 saturated heterocycles. The van der Waals surface area contributed by atoms with Gasteiger partial charge in [0.1, 0.15) is 0 Å². The standard InChI is InChI=1S/C19H37N3O/c1-4-16-5-7-18(8-6-16)15-21-19(20-2)22(3)12-9-17-10-13-23-14-11-17/h16-18H,4-15H2,1-3H3,(H,20,21). The monoisotopic (exact) mass is 323 g/mol. The Labute approximate surface area is 143 Å². The Morgan fingerprint density at radius 1 is 1.04 bits per heavy atom. The molecule has 23 heavy (non-hydrogen) atoms. The summed E-state index contributed by atoms with van der Waals surface area (Å²) in [6.45, 7) is 6.40. The molecule has 2 fully saturated rings. The van der Waals surface area contributed by atoms with Gasteiger partial charge in [-0.15, -0.1) is 0 Å². The molecule has 0 aromatic heterocycles. The largest absolute Gasteiger partial charge is 0.381 e. The van der Waals surface area contributed by atoms with Gasteiger partial charge in [-0.2, -0.15) is 0 Å².